The lowest BCUT2D eigenvalue weighted by atomic mass is 9.42. The topological polar surface area (TPSA) is 77.8 Å². The summed E-state index contributed by atoms with van der Waals surface area (Å²) < 4.78 is 0. The molecule has 4 heteroatoms. The summed E-state index contributed by atoms with van der Waals surface area (Å²) in [4.78, 5) is 11.1. The van der Waals surface area contributed by atoms with E-state index in [9.17, 15) is 15.0 Å². The first-order valence-electron chi connectivity index (χ1n) is 12.8. The molecule has 0 bridgehead atoms. The van der Waals surface area contributed by atoms with E-state index >= 15 is 0 Å². The van der Waals surface area contributed by atoms with Crippen LogP contribution in [-0.2, 0) is 4.79 Å². The minimum atomic E-state index is -0.680. The highest BCUT2D eigenvalue weighted by Crippen LogP contribution is 2.67. The van der Waals surface area contributed by atoms with Crippen molar-refractivity contribution in [1.29, 1.82) is 0 Å². The highest BCUT2D eigenvalue weighted by atomic mass is 16.4. The Kier molecular flexibility index (Phi) is 6.31. The second-order valence-electron chi connectivity index (χ2n) is 11.9. The van der Waals surface area contributed by atoms with E-state index in [0.717, 1.165) is 32.1 Å². The van der Waals surface area contributed by atoms with Crippen LogP contribution in [0, 0.1) is 58.7 Å². The van der Waals surface area contributed by atoms with Gasteiger partial charge in [0.2, 0.25) is 0 Å². The quantitative estimate of drug-likeness (QED) is 0.587. The summed E-state index contributed by atoms with van der Waals surface area (Å²) in [5.74, 6) is 3.96. The molecule has 0 aromatic rings. The van der Waals surface area contributed by atoms with Crippen LogP contribution in [0.15, 0.2) is 0 Å². The van der Waals surface area contributed by atoms with Gasteiger partial charge in [0, 0.05) is 6.42 Å². The second-order valence-corrected chi connectivity index (χ2v) is 11.9. The summed E-state index contributed by atoms with van der Waals surface area (Å²) in [6.45, 7) is 9.42. The van der Waals surface area contributed by atoms with Crippen molar-refractivity contribution in [1.82, 2.24) is 0 Å². The normalized spacial score (nSPS) is 51.5. The molecule has 4 fully saturated rings. The number of carbonyl (C=O) groups is 1. The summed E-state index contributed by atoms with van der Waals surface area (Å²) >= 11 is 0. The largest absolute Gasteiger partial charge is 0.481 e. The number of hydrogen-bond acceptors (Lipinski definition) is 3. The zero-order valence-electron chi connectivity index (χ0n) is 19.5. The smallest absolute Gasteiger partial charge is 0.303 e. The van der Waals surface area contributed by atoms with Gasteiger partial charge in [0.1, 0.15) is 0 Å². The van der Waals surface area contributed by atoms with Gasteiger partial charge in [-0.25, -0.2) is 0 Å². The maximum Gasteiger partial charge on any atom is 0.303 e. The fraction of sp³-hybridized carbons (Fsp3) is 0.962. The molecule has 0 amide bonds. The van der Waals surface area contributed by atoms with Crippen molar-refractivity contribution in [3.05, 3.63) is 0 Å². The molecule has 4 aliphatic carbocycles. The predicted molar refractivity (Wildman–Crippen MR) is 118 cm³/mol. The zero-order chi connectivity index (χ0) is 21.8. The van der Waals surface area contributed by atoms with E-state index in [2.05, 4.69) is 27.7 Å². The maximum absolute atomic E-state index is 11.7. The third kappa shape index (κ3) is 3.54. The van der Waals surface area contributed by atoms with Crippen molar-refractivity contribution in [3.63, 3.8) is 0 Å². The molecule has 0 saturated heterocycles. The molecular weight excluding hydrogens is 376 g/mol. The number of carboxylic acid groups (broad SMARTS) is 1. The van der Waals surface area contributed by atoms with Gasteiger partial charge in [-0.05, 0) is 104 Å². The molecule has 4 aliphatic rings. The molecule has 3 N–H and O–H groups in total. The molecule has 6 unspecified atom stereocenters. The van der Waals surface area contributed by atoms with Gasteiger partial charge in [-0.1, -0.05) is 34.1 Å². The van der Waals surface area contributed by atoms with Gasteiger partial charge >= 0.3 is 5.97 Å². The predicted octanol–water partition coefficient (Wildman–Crippen LogP) is 4.97. The van der Waals surface area contributed by atoms with Crippen LogP contribution in [-0.4, -0.2) is 33.5 Å². The fourth-order valence-corrected chi connectivity index (χ4v) is 9.34. The van der Waals surface area contributed by atoms with E-state index < -0.39 is 5.97 Å². The molecule has 4 rings (SSSR count). The highest BCUT2D eigenvalue weighted by molar-refractivity contribution is 5.66. The molecule has 4 nitrogen and oxygen atoms in total. The third-order valence-electron chi connectivity index (χ3n) is 10.7. The lowest BCUT2D eigenvalue weighted by Gasteiger charge is -2.64. The van der Waals surface area contributed by atoms with E-state index in [0.29, 0.717) is 53.3 Å². The molecule has 30 heavy (non-hydrogen) atoms. The van der Waals surface area contributed by atoms with Crippen LogP contribution in [0.1, 0.15) is 85.5 Å². The van der Waals surface area contributed by atoms with Crippen LogP contribution in [0.3, 0.4) is 0 Å². The van der Waals surface area contributed by atoms with Crippen molar-refractivity contribution in [2.45, 2.75) is 97.7 Å². The molecule has 172 valence electrons. The molecule has 0 heterocycles. The third-order valence-corrected chi connectivity index (χ3v) is 10.7. The van der Waals surface area contributed by atoms with Crippen LogP contribution in [0.5, 0.6) is 0 Å². The van der Waals surface area contributed by atoms with Gasteiger partial charge < -0.3 is 15.3 Å². The molecule has 0 radical (unpaired) electrons. The lowest BCUT2D eigenvalue weighted by molar-refractivity contribution is -0.199. The van der Waals surface area contributed by atoms with Gasteiger partial charge in [0.25, 0.3) is 0 Å². The minimum absolute atomic E-state index is 0.194. The van der Waals surface area contributed by atoms with Gasteiger partial charge in [0.15, 0.2) is 0 Å². The number of rotatable bonds is 5. The fourth-order valence-electron chi connectivity index (χ4n) is 9.34. The molecule has 0 aromatic heterocycles. The highest BCUT2D eigenvalue weighted by Gasteiger charge is 2.63. The average molecular weight is 421 g/mol. The Morgan fingerprint density at radius 2 is 1.83 bits per heavy atom. The van der Waals surface area contributed by atoms with Gasteiger partial charge in [-0.2, -0.15) is 0 Å². The van der Waals surface area contributed by atoms with Crippen molar-refractivity contribution in [2.24, 2.45) is 58.7 Å². The number of carboxylic acids is 1. The standard InChI is InChI=1S/C26H44O4/c1-5-17-20-13-16(27)10-11-26(20,4)21-12-15(3)23-18(14(2)6-9-22(28)29)7-8-19(23)24(21)25(17)30/h14-21,23-25,27,30H,5-13H2,1-4H3,(H,28,29)/t14-,15?,16-,17-,18-,19?,20+,21?,23?,24?,25?,26+/m1/s1. The Labute approximate surface area is 182 Å². The molecule has 0 aliphatic heterocycles. The molecule has 0 spiro atoms. The van der Waals surface area contributed by atoms with Gasteiger partial charge in [-0.3, -0.25) is 4.79 Å². The summed E-state index contributed by atoms with van der Waals surface area (Å²) in [6, 6.07) is 0. The Morgan fingerprint density at radius 1 is 1.10 bits per heavy atom. The first kappa shape index (κ1) is 22.6. The Hall–Kier alpha value is -0.610. The van der Waals surface area contributed by atoms with Crippen LogP contribution < -0.4 is 0 Å². The minimum Gasteiger partial charge on any atom is -0.481 e. The monoisotopic (exact) mass is 420 g/mol. The maximum atomic E-state index is 11.7. The van der Waals surface area contributed by atoms with Crippen molar-refractivity contribution >= 4 is 5.97 Å². The Morgan fingerprint density at radius 3 is 2.50 bits per heavy atom. The van der Waals surface area contributed by atoms with Crippen molar-refractivity contribution < 1.29 is 20.1 Å². The zero-order valence-corrected chi connectivity index (χ0v) is 19.5. The van der Waals surface area contributed by atoms with E-state index in [1.54, 1.807) is 0 Å². The van der Waals surface area contributed by atoms with Gasteiger partial charge in [-0.15, -0.1) is 0 Å². The molecule has 4 saturated carbocycles. The van der Waals surface area contributed by atoms with E-state index in [-0.39, 0.29) is 24.0 Å². The second kappa shape index (κ2) is 8.39. The number of aliphatic hydroxyl groups excluding tert-OH is 2. The van der Waals surface area contributed by atoms with E-state index in [1.165, 1.54) is 19.3 Å². The Balaban J connectivity index is 1.61. The lowest BCUT2D eigenvalue weighted by Crippen LogP contribution is -2.61. The summed E-state index contributed by atoms with van der Waals surface area (Å²) in [5, 5.41) is 31.2. The molecule has 12 atom stereocenters. The van der Waals surface area contributed by atoms with Crippen molar-refractivity contribution in [2.75, 3.05) is 0 Å². The first-order valence-corrected chi connectivity index (χ1v) is 12.8. The first-order chi connectivity index (χ1) is 14.2. The Bertz CT molecular complexity index is 635. The number of hydrogen-bond donors (Lipinski definition) is 3. The van der Waals surface area contributed by atoms with E-state index in [4.69, 9.17) is 5.11 Å². The van der Waals surface area contributed by atoms with Crippen molar-refractivity contribution in [3.8, 4) is 0 Å². The van der Waals surface area contributed by atoms with Crippen LogP contribution in [0.2, 0.25) is 0 Å². The van der Waals surface area contributed by atoms with Crippen LogP contribution in [0.25, 0.3) is 0 Å². The summed E-state index contributed by atoms with van der Waals surface area (Å²) in [6.07, 6.45) is 8.12. The van der Waals surface area contributed by atoms with E-state index in [1.807, 2.05) is 0 Å². The molecular formula is C26H44O4. The SMILES string of the molecule is CC[C@H]1C(O)C2C3CC[C@H]([C@H](C)CCC(=O)O)C3C(C)CC2[C@@]2(C)CC[C@@H](O)C[C@@H]12. The number of aliphatic carboxylic acids is 1. The van der Waals surface area contributed by atoms with Crippen LogP contribution >= 0.6 is 0 Å². The average Bonchev–Trinajstić information content (AvgIpc) is 3.14. The molecule has 0 aromatic carbocycles. The number of fused-ring (bicyclic) bond motifs is 5. The summed E-state index contributed by atoms with van der Waals surface area (Å²) in [5.41, 5.74) is 0.246. The van der Waals surface area contributed by atoms with Crippen LogP contribution in [0.4, 0.5) is 0 Å². The van der Waals surface area contributed by atoms with Gasteiger partial charge in [0.05, 0.1) is 12.2 Å². The number of aliphatic hydroxyl groups is 2. The summed E-state index contributed by atoms with van der Waals surface area (Å²) in [7, 11) is 0.